The fourth-order valence-corrected chi connectivity index (χ4v) is 4.06. The SMILES string of the molecule is CCOC(=O)c1nn(-c2ccccc2)cc1[C@H]1NC(=O)[C@H](C#N)C(=S)N1c1cccc(OC)c1. The van der Waals surface area contributed by atoms with Crippen LogP contribution >= 0.6 is 12.2 Å². The third kappa shape index (κ3) is 4.21. The second-order valence-corrected chi connectivity index (χ2v) is 7.73. The molecule has 0 bridgehead atoms. The van der Waals surface area contributed by atoms with Gasteiger partial charge in [0.1, 0.15) is 16.9 Å². The molecule has 9 nitrogen and oxygen atoms in total. The number of nitrogens with zero attached hydrogens (tertiary/aromatic N) is 4. The molecule has 1 fully saturated rings. The van der Waals surface area contributed by atoms with Crippen LogP contribution in [0.2, 0.25) is 0 Å². The minimum atomic E-state index is -1.17. The standard InChI is InChI=1S/C24H21N5O4S/c1-3-33-24(31)20-19(14-28(27-20)15-8-5-4-6-9-15)21-26-22(30)18(13-25)23(34)29(21)16-10-7-11-17(12-16)32-2/h4-12,14,18,21H,3H2,1-2H3,(H,26,30)/t18-,21-/m0/s1. The molecule has 1 aliphatic heterocycles. The Bertz CT molecular complexity index is 1280. The van der Waals surface area contributed by atoms with Gasteiger partial charge in [0.25, 0.3) is 0 Å². The van der Waals surface area contributed by atoms with E-state index in [1.165, 1.54) is 11.8 Å². The Morgan fingerprint density at radius 2 is 1.94 bits per heavy atom. The smallest absolute Gasteiger partial charge is 0.359 e. The lowest BCUT2D eigenvalue weighted by atomic mass is 10.0. The van der Waals surface area contributed by atoms with Crippen molar-refractivity contribution >= 4 is 34.8 Å². The topological polar surface area (TPSA) is 109 Å². The minimum absolute atomic E-state index is 0.0297. The summed E-state index contributed by atoms with van der Waals surface area (Å²) in [7, 11) is 1.54. The first-order chi connectivity index (χ1) is 16.5. The van der Waals surface area contributed by atoms with Crippen LogP contribution in [0, 0.1) is 17.2 Å². The number of anilines is 1. The van der Waals surface area contributed by atoms with Gasteiger partial charge in [-0.2, -0.15) is 10.4 Å². The van der Waals surface area contributed by atoms with E-state index in [0.29, 0.717) is 22.7 Å². The number of para-hydroxylation sites is 1. The van der Waals surface area contributed by atoms with Crippen LogP contribution in [0.3, 0.4) is 0 Å². The second-order valence-electron chi connectivity index (χ2n) is 7.32. The van der Waals surface area contributed by atoms with Crippen LogP contribution in [0.25, 0.3) is 5.69 Å². The minimum Gasteiger partial charge on any atom is -0.497 e. The van der Waals surface area contributed by atoms with E-state index < -0.39 is 24.0 Å². The third-order valence-electron chi connectivity index (χ3n) is 5.27. The third-order valence-corrected chi connectivity index (χ3v) is 5.70. The van der Waals surface area contributed by atoms with Gasteiger partial charge in [-0.25, -0.2) is 9.48 Å². The molecule has 0 unspecified atom stereocenters. The number of aromatic nitrogens is 2. The number of benzene rings is 2. The maximum Gasteiger partial charge on any atom is 0.359 e. The molecular formula is C24H21N5O4S. The Morgan fingerprint density at radius 3 is 2.62 bits per heavy atom. The summed E-state index contributed by atoms with van der Waals surface area (Å²) >= 11 is 5.58. The quantitative estimate of drug-likeness (QED) is 0.428. The maximum atomic E-state index is 12.8. The van der Waals surface area contributed by atoms with Crippen molar-refractivity contribution in [1.29, 1.82) is 5.26 Å². The summed E-state index contributed by atoms with van der Waals surface area (Å²) in [6, 6.07) is 18.2. The van der Waals surface area contributed by atoms with Crippen LogP contribution in [0.15, 0.2) is 60.8 Å². The molecule has 1 amide bonds. The van der Waals surface area contributed by atoms with Gasteiger partial charge in [-0.1, -0.05) is 36.5 Å². The van der Waals surface area contributed by atoms with Gasteiger partial charge >= 0.3 is 5.97 Å². The summed E-state index contributed by atoms with van der Waals surface area (Å²) in [4.78, 5) is 27.4. The van der Waals surface area contributed by atoms with Crippen molar-refractivity contribution in [3.8, 4) is 17.5 Å². The van der Waals surface area contributed by atoms with E-state index in [9.17, 15) is 14.9 Å². The van der Waals surface area contributed by atoms with Crippen molar-refractivity contribution in [2.75, 3.05) is 18.6 Å². The van der Waals surface area contributed by atoms with Gasteiger partial charge in [0, 0.05) is 23.5 Å². The highest BCUT2D eigenvalue weighted by Gasteiger charge is 2.42. The van der Waals surface area contributed by atoms with E-state index in [1.54, 1.807) is 42.3 Å². The molecule has 0 radical (unpaired) electrons. The molecule has 2 atom stereocenters. The van der Waals surface area contributed by atoms with E-state index in [4.69, 9.17) is 21.7 Å². The number of rotatable bonds is 6. The van der Waals surface area contributed by atoms with Crippen LogP contribution in [0.5, 0.6) is 5.75 Å². The zero-order chi connectivity index (χ0) is 24.2. The predicted molar refractivity (Wildman–Crippen MR) is 128 cm³/mol. The van der Waals surface area contributed by atoms with E-state index in [2.05, 4.69) is 10.4 Å². The largest absolute Gasteiger partial charge is 0.497 e. The molecular weight excluding hydrogens is 454 g/mol. The lowest BCUT2D eigenvalue weighted by Gasteiger charge is -2.39. The summed E-state index contributed by atoms with van der Waals surface area (Å²) in [5.41, 5.74) is 1.70. The van der Waals surface area contributed by atoms with Gasteiger partial charge in [-0.3, -0.25) is 4.79 Å². The summed E-state index contributed by atoms with van der Waals surface area (Å²) in [5.74, 6) is -1.80. The van der Waals surface area contributed by atoms with E-state index >= 15 is 0 Å². The highest BCUT2D eigenvalue weighted by atomic mass is 32.1. The van der Waals surface area contributed by atoms with Crippen LogP contribution in [-0.2, 0) is 9.53 Å². The normalized spacial score (nSPS) is 17.6. The lowest BCUT2D eigenvalue weighted by molar-refractivity contribution is -0.123. The lowest BCUT2D eigenvalue weighted by Crippen LogP contribution is -2.56. The molecule has 0 aliphatic carbocycles. The maximum absolute atomic E-state index is 12.8. The molecule has 0 saturated carbocycles. The first-order valence-electron chi connectivity index (χ1n) is 10.5. The highest BCUT2D eigenvalue weighted by molar-refractivity contribution is 7.80. The van der Waals surface area contributed by atoms with Gasteiger partial charge in [0.2, 0.25) is 5.91 Å². The first kappa shape index (κ1) is 22.9. The molecule has 3 aromatic rings. The van der Waals surface area contributed by atoms with Crippen molar-refractivity contribution in [1.82, 2.24) is 15.1 Å². The number of hydrogen-bond acceptors (Lipinski definition) is 7. The van der Waals surface area contributed by atoms with Crippen molar-refractivity contribution in [3.05, 3.63) is 72.1 Å². The van der Waals surface area contributed by atoms with Gasteiger partial charge in [0.15, 0.2) is 11.6 Å². The molecule has 34 heavy (non-hydrogen) atoms. The molecule has 0 spiro atoms. The molecule has 1 N–H and O–H groups in total. The average Bonchev–Trinajstić information content (AvgIpc) is 3.30. The Kier molecular flexibility index (Phi) is 6.56. The van der Waals surface area contributed by atoms with Crippen LogP contribution in [0.1, 0.15) is 29.1 Å². The number of nitrogens with one attached hydrogen (secondary N) is 1. The zero-order valence-electron chi connectivity index (χ0n) is 18.5. The molecule has 2 heterocycles. The fourth-order valence-electron chi connectivity index (χ4n) is 3.69. The number of nitriles is 1. The molecule has 10 heteroatoms. The van der Waals surface area contributed by atoms with Crippen LogP contribution < -0.4 is 15.0 Å². The Hall–Kier alpha value is -4.23. The van der Waals surface area contributed by atoms with Crippen LogP contribution in [-0.4, -0.2) is 40.4 Å². The number of methoxy groups -OCH3 is 1. The summed E-state index contributed by atoms with van der Waals surface area (Å²) in [6.45, 7) is 1.85. The number of amides is 1. The predicted octanol–water partition coefficient (Wildman–Crippen LogP) is 3.16. The van der Waals surface area contributed by atoms with E-state index in [1.807, 2.05) is 36.4 Å². The monoisotopic (exact) mass is 475 g/mol. The number of thiocarbonyl (C=S) groups is 1. The van der Waals surface area contributed by atoms with Crippen LogP contribution in [0.4, 0.5) is 5.69 Å². The average molecular weight is 476 g/mol. The molecule has 4 rings (SSSR count). The Balaban J connectivity index is 1.89. The Labute approximate surface area is 201 Å². The van der Waals surface area contributed by atoms with Crippen molar-refractivity contribution < 1.29 is 19.1 Å². The number of carbonyl (C=O) groups excluding carboxylic acids is 2. The number of ether oxygens (including phenoxy) is 2. The van der Waals surface area contributed by atoms with Crippen molar-refractivity contribution in [3.63, 3.8) is 0 Å². The second kappa shape index (κ2) is 9.72. The first-order valence-corrected chi connectivity index (χ1v) is 10.9. The summed E-state index contributed by atoms with van der Waals surface area (Å²) in [5, 5.41) is 16.9. The van der Waals surface area contributed by atoms with Crippen molar-refractivity contribution in [2.45, 2.75) is 13.1 Å². The van der Waals surface area contributed by atoms with Gasteiger partial charge in [-0.05, 0) is 31.2 Å². The molecule has 2 aromatic carbocycles. The fraction of sp³-hybridized carbons (Fsp3) is 0.208. The summed E-state index contributed by atoms with van der Waals surface area (Å²) in [6.07, 6.45) is 0.739. The summed E-state index contributed by atoms with van der Waals surface area (Å²) < 4.78 is 12.1. The highest BCUT2D eigenvalue weighted by Crippen LogP contribution is 2.35. The molecule has 172 valence electrons. The molecule has 1 aliphatic rings. The number of carbonyl (C=O) groups is 2. The number of esters is 1. The van der Waals surface area contributed by atoms with Gasteiger partial charge in [-0.15, -0.1) is 0 Å². The van der Waals surface area contributed by atoms with E-state index in [0.717, 1.165) is 0 Å². The van der Waals surface area contributed by atoms with Gasteiger partial charge in [0.05, 0.1) is 25.5 Å². The van der Waals surface area contributed by atoms with Crippen molar-refractivity contribution in [2.24, 2.45) is 5.92 Å². The molecule has 1 saturated heterocycles. The van der Waals surface area contributed by atoms with E-state index in [-0.39, 0.29) is 17.3 Å². The molecule has 1 aromatic heterocycles. The number of hydrogen-bond donors (Lipinski definition) is 1. The Morgan fingerprint density at radius 1 is 1.21 bits per heavy atom. The zero-order valence-corrected chi connectivity index (χ0v) is 19.3. The van der Waals surface area contributed by atoms with Gasteiger partial charge < -0.3 is 19.7 Å².